The van der Waals surface area contributed by atoms with Gasteiger partial charge in [-0.1, -0.05) is 0 Å². The standard InChI is InChI=1S/C10H15F3N2O2/c11-10(12,13)6-14-9(8(16)17)3-5-15-4-1-2-7(9)15/h7,14H,1-6H2,(H,16,17). The van der Waals surface area contributed by atoms with E-state index < -0.39 is 24.2 Å². The third-order valence-corrected chi connectivity index (χ3v) is 3.71. The molecule has 2 heterocycles. The number of alkyl halides is 3. The lowest BCUT2D eigenvalue weighted by Gasteiger charge is -2.32. The van der Waals surface area contributed by atoms with Crippen LogP contribution in [-0.2, 0) is 4.79 Å². The van der Waals surface area contributed by atoms with Crippen molar-refractivity contribution >= 4 is 5.97 Å². The van der Waals surface area contributed by atoms with E-state index in [2.05, 4.69) is 5.32 Å². The number of rotatable bonds is 3. The maximum atomic E-state index is 12.2. The number of aliphatic carboxylic acids is 1. The Labute approximate surface area is 96.8 Å². The fraction of sp³-hybridized carbons (Fsp3) is 0.900. The van der Waals surface area contributed by atoms with Crippen LogP contribution in [0.15, 0.2) is 0 Å². The number of fused-ring (bicyclic) bond motifs is 1. The molecule has 17 heavy (non-hydrogen) atoms. The minimum Gasteiger partial charge on any atom is -0.480 e. The van der Waals surface area contributed by atoms with E-state index in [1.54, 1.807) is 0 Å². The third kappa shape index (κ3) is 2.26. The molecule has 2 N–H and O–H groups in total. The predicted molar refractivity (Wildman–Crippen MR) is 53.6 cm³/mol. The number of carboxylic acid groups (broad SMARTS) is 1. The molecule has 2 aliphatic rings. The Balaban J connectivity index is 2.13. The van der Waals surface area contributed by atoms with Crippen molar-refractivity contribution in [2.75, 3.05) is 19.6 Å². The molecule has 2 atom stereocenters. The second kappa shape index (κ2) is 4.13. The number of nitrogens with one attached hydrogen (secondary N) is 1. The van der Waals surface area contributed by atoms with Gasteiger partial charge in [0.2, 0.25) is 0 Å². The van der Waals surface area contributed by atoms with E-state index in [9.17, 15) is 23.1 Å². The van der Waals surface area contributed by atoms with Gasteiger partial charge in [0, 0.05) is 12.6 Å². The predicted octanol–water partition coefficient (Wildman–Crippen LogP) is 0.830. The van der Waals surface area contributed by atoms with Crippen LogP contribution in [0.1, 0.15) is 19.3 Å². The number of carbonyl (C=O) groups is 1. The van der Waals surface area contributed by atoms with Gasteiger partial charge in [-0.15, -0.1) is 0 Å². The zero-order chi connectivity index (χ0) is 12.7. The van der Waals surface area contributed by atoms with Crippen LogP contribution in [0.25, 0.3) is 0 Å². The monoisotopic (exact) mass is 252 g/mol. The Morgan fingerprint density at radius 2 is 2.18 bits per heavy atom. The summed E-state index contributed by atoms with van der Waals surface area (Å²) in [5.41, 5.74) is -1.42. The van der Waals surface area contributed by atoms with Gasteiger partial charge in [0.25, 0.3) is 0 Å². The van der Waals surface area contributed by atoms with Gasteiger partial charge in [0.05, 0.1) is 6.54 Å². The Kier molecular flexibility index (Phi) is 3.07. The van der Waals surface area contributed by atoms with Crippen LogP contribution >= 0.6 is 0 Å². The van der Waals surface area contributed by atoms with Crippen molar-refractivity contribution in [2.24, 2.45) is 0 Å². The summed E-state index contributed by atoms with van der Waals surface area (Å²) < 4.78 is 36.7. The molecular weight excluding hydrogens is 237 g/mol. The van der Waals surface area contributed by atoms with Gasteiger partial charge in [-0.25, -0.2) is 0 Å². The highest BCUT2D eigenvalue weighted by Gasteiger charge is 2.55. The zero-order valence-corrected chi connectivity index (χ0v) is 9.26. The number of carboxylic acids is 1. The van der Waals surface area contributed by atoms with Crippen molar-refractivity contribution in [2.45, 2.75) is 37.0 Å². The van der Waals surface area contributed by atoms with E-state index in [-0.39, 0.29) is 12.5 Å². The van der Waals surface area contributed by atoms with Gasteiger partial charge in [0.15, 0.2) is 0 Å². The van der Waals surface area contributed by atoms with Gasteiger partial charge in [0.1, 0.15) is 5.54 Å². The molecule has 0 spiro atoms. The topological polar surface area (TPSA) is 52.6 Å². The first kappa shape index (κ1) is 12.6. The maximum Gasteiger partial charge on any atom is 0.401 e. The number of halogens is 3. The van der Waals surface area contributed by atoms with E-state index in [1.807, 2.05) is 4.90 Å². The molecule has 2 fully saturated rings. The van der Waals surface area contributed by atoms with Crippen LogP contribution < -0.4 is 5.32 Å². The fourth-order valence-corrected chi connectivity index (χ4v) is 2.93. The molecule has 0 aromatic heterocycles. The average Bonchev–Trinajstić information content (AvgIpc) is 2.74. The molecule has 0 aromatic carbocycles. The van der Waals surface area contributed by atoms with Gasteiger partial charge in [-0.2, -0.15) is 13.2 Å². The number of hydrogen-bond donors (Lipinski definition) is 2. The molecule has 4 nitrogen and oxygen atoms in total. The third-order valence-electron chi connectivity index (χ3n) is 3.71. The molecule has 2 aliphatic heterocycles. The first-order valence-corrected chi connectivity index (χ1v) is 5.64. The summed E-state index contributed by atoms with van der Waals surface area (Å²) in [4.78, 5) is 13.3. The normalized spacial score (nSPS) is 33.9. The van der Waals surface area contributed by atoms with Crippen LogP contribution in [0.3, 0.4) is 0 Å². The average molecular weight is 252 g/mol. The first-order chi connectivity index (χ1) is 7.85. The molecule has 7 heteroatoms. The minimum atomic E-state index is -4.38. The quantitative estimate of drug-likeness (QED) is 0.781. The lowest BCUT2D eigenvalue weighted by atomic mass is 9.88. The zero-order valence-electron chi connectivity index (χ0n) is 9.26. The van der Waals surface area contributed by atoms with Crippen molar-refractivity contribution in [3.05, 3.63) is 0 Å². The van der Waals surface area contributed by atoms with Crippen molar-refractivity contribution in [3.63, 3.8) is 0 Å². The van der Waals surface area contributed by atoms with Crippen molar-refractivity contribution < 1.29 is 23.1 Å². The summed E-state index contributed by atoms with van der Waals surface area (Å²) in [6.07, 6.45) is -2.64. The van der Waals surface area contributed by atoms with E-state index >= 15 is 0 Å². The lowest BCUT2D eigenvalue weighted by Crippen LogP contribution is -2.60. The molecule has 0 aliphatic carbocycles. The highest BCUT2D eigenvalue weighted by Crippen LogP contribution is 2.36. The largest absolute Gasteiger partial charge is 0.480 e. The van der Waals surface area contributed by atoms with Crippen LogP contribution in [0.2, 0.25) is 0 Å². The first-order valence-electron chi connectivity index (χ1n) is 5.64. The van der Waals surface area contributed by atoms with E-state index in [0.29, 0.717) is 13.0 Å². The highest BCUT2D eigenvalue weighted by atomic mass is 19.4. The van der Waals surface area contributed by atoms with E-state index in [0.717, 1.165) is 13.0 Å². The Morgan fingerprint density at radius 3 is 2.76 bits per heavy atom. The van der Waals surface area contributed by atoms with Crippen molar-refractivity contribution in [3.8, 4) is 0 Å². The van der Waals surface area contributed by atoms with Gasteiger partial charge < -0.3 is 5.11 Å². The Hall–Kier alpha value is -0.820. The molecule has 0 radical (unpaired) electrons. The van der Waals surface area contributed by atoms with Gasteiger partial charge >= 0.3 is 12.1 Å². The van der Waals surface area contributed by atoms with Gasteiger partial charge in [-0.05, 0) is 25.8 Å². The SMILES string of the molecule is O=C(O)C1(NCC(F)(F)F)CCN2CCCC21. The summed E-state index contributed by atoms with van der Waals surface area (Å²) in [6.45, 7) is 0.0961. The molecule has 98 valence electrons. The second-order valence-corrected chi connectivity index (χ2v) is 4.69. The lowest BCUT2D eigenvalue weighted by molar-refractivity contribution is -0.151. The summed E-state index contributed by atoms with van der Waals surface area (Å²) in [7, 11) is 0. The second-order valence-electron chi connectivity index (χ2n) is 4.69. The molecule has 2 rings (SSSR count). The molecule has 2 saturated heterocycles. The number of nitrogens with zero attached hydrogens (tertiary/aromatic N) is 1. The van der Waals surface area contributed by atoms with Crippen LogP contribution in [0.5, 0.6) is 0 Å². The van der Waals surface area contributed by atoms with E-state index in [1.165, 1.54) is 0 Å². The van der Waals surface area contributed by atoms with Crippen LogP contribution in [0, 0.1) is 0 Å². The maximum absolute atomic E-state index is 12.2. The van der Waals surface area contributed by atoms with E-state index in [4.69, 9.17) is 0 Å². The van der Waals surface area contributed by atoms with Crippen molar-refractivity contribution in [1.82, 2.24) is 10.2 Å². The molecule has 0 saturated carbocycles. The Bertz CT molecular complexity index is 321. The molecule has 0 amide bonds. The Morgan fingerprint density at radius 1 is 1.47 bits per heavy atom. The molecular formula is C10H15F3N2O2. The highest BCUT2D eigenvalue weighted by molar-refractivity contribution is 5.80. The number of hydrogen-bond acceptors (Lipinski definition) is 3. The van der Waals surface area contributed by atoms with Crippen molar-refractivity contribution in [1.29, 1.82) is 0 Å². The summed E-state index contributed by atoms with van der Waals surface area (Å²) in [5, 5.41) is 11.5. The fourth-order valence-electron chi connectivity index (χ4n) is 2.93. The molecule has 0 aromatic rings. The summed E-state index contributed by atoms with van der Waals surface area (Å²) >= 11 is 0. The summed E-state index contributed by atoms with van der Waals surface area (Å²) in [6, 6.07) is -0.303. The molecule has 2 unspecified atom stereocenters. The summed E-state index contributed by atoms with van der Waals surface area (Å²) in [5.74, 6) is -1.17. The minimum absolute atomic E-state index is 0.239. The van der Waals surface area contributed by atoms with Crippen LogP contribution in [-0.4, -0.2) is 53.4 Å². The van der Waals surface area contributed by atoms with Crippen LogP contribution in [0.4, 0.5) is 13.2 Å². The molecule has 0 bridgehead atoms. The van der Waals surface area contributed by atoms with Gasteiger partial charge in [-0.3, -0.25) is 15.0 Å². The smallest absolute Gasteiger partial charge is 0.401 e.